The molecule has 0 aliphatic heterocycles. The highest BCUT2D eigenvalue weighted by atomic mass is 16.4. The van der Waals surface area contributed by atoms with Gasteiger partial charge in [0.2, 0.25) is 5.89 Å². The second kappa shape index (κ2) is 7.27. The fraction of sp³-hybridized carbons (Fsp3) is 0.200. The van der Waals surface area contributed by atoms with Crippen molar-refractivity contribution in [1.82, 2.24) is 15.5 Å². The molecule has 0 saturated carbocycles. The number of nitrogens with one attached hydrogen (secondary N) is 2. The lowest BCUT2D eigenvalue weighted by molar-refractivity contribution is -0.142. The number of phenolic OH excluding ortho intramolecular Hbond substituents is 1. The number of hydrogen-bond donors (Lipinski definition) is 4. The van der Waals surface area contributed by atoms with Gasteiger partial charge >= 0.3 is 12.0 Å². The number of rotatable bonds is 5. The van der Waals surface area contributed by atoms with Crippen molar-refractivity contribution in [2.75, 3.05) is 5.32 Å². The number of carbonyl (C=O) groups is 2. The molecule has 2 aromatic carbocycles. The first-order valence-electron chi connectivity index (χ1n) is 8.94. The summed E-state index contributed by atoms with van der Waals surface area (Å²) in [4.78, 5) is 24.4. The fourth-order valence-corrected chi connectivity index (χ4v) is 3.47. The molecular weight excluding hydrogens is 376 g/mol. The van der Waals surface area contributed by atoms with Crippen LogP contribution in [-0.4, -0.2) is 32.3 Å². The molecule has 9 heteroatoms. The van der Waals surface area contributed by atoms with Gasteiger partial charge < -0.3 is 25.3 Å². The zero-order valence-corrected chi connectivity index (χ0v) is 15.4. The van der Waals surface area contributed by atoms with Crippen molar-refractivity contribution < 1.29 is 24.2 Å². The van der Waals surface area contributed by atoms with Gasteiger partial charge in [0.1, 0.15) is 5.75 Å². The third-order valence-corrected chi connectivity index (χ3v) is 4.88. The largest absolute Gasteiger partial charge is 0.508 e. The summed E-state index contributed by atoms with van der Waals surface area (Å²) in [6, 6.07) is 11.0. The Hall–Kier alpha value is -3.88. The molecule has 0 fully saturated rings. The maximum Gasteiger partial charge on any atom is 0.320 e. The van der Waals surface area contributed by atoms with Crippen molar-refractivity contribution >= 4 is 23.6 Å². The Kier molecular flexibility index (Phi) is 4.63. The van der Waals surface area contributed by atoms with E-state index in [9.17, 15) is 19.8 Å². The van der Waals surface area contributed by atoms with Crippen LogP contribution in [0.3, 0.4) is 0 Å². The number of nitrogens with zero attached hydrogens (tertiary/aromatic N) is 2. The number of anilines is 2. The average Bonchev–Trinajstić information content (AvgIpc) is 3.27. The van der Waals surface area contributed by atoms with E-state index < -0.39 is 23.8 Å². The first kappa shape index (κ1) is 18.5. The Morgan fingerprint density at radius 2 is 1.90 bits per heavy atom. The number of phenols is 1. The lowest BCUT2D eigenvalue weighted by Gasteiger charge is -2.19. The predicted octanol–water partition coefficient (Wildman–Crippen LogP) is 2.56. The summed E-state index contributed by atoms with van der Waals surface area (Å²) in [6.07, 6.45) is 0.161. The summed E-state index contributed by atoms with van der Waals surface area (Å²) in [7, 11) is 0. The first-order valence-corrected chi connectivity index (χ1v) is 8.94. The number of aryl methyl sites for hydroxylation is 1. The SMILES string of the molecule is Cc1nnc(Nc2ccc(C(=O)N[C@@H]3c4cccc(O)c4C[C@H]3C(=O)O)cc2)o1. The van der Waals surface area contributed by atoms with E-state index in [1.807, 2.05) is 0 Å². The molecule has 1 amide bonds. The van der Waals surface area contributed by atoms with E-state index in [-0.39, 0.29) is 18.2 Å². The maximum atomic E-state index is 12.7. The van der Waals surface area contributed by atoms with Gasteiger partial charge in [-0.15, -0.1) is 5.10 Å². The second-order valence-corrected chi connectivity index (χ2v) is 6.77. The quantitative estimate of drug-likeness (QED) is 0.518. The molecule has 0 bridgehead atoms. The third-order valence-electron chi connectivity index (χ3n) is 4.88. The Morgan fingerprint density at radius 3 is 2.55 bits per heavy atom. The zero-order valence-electron chi connectivity index (χ0n) is 15.4. The molecule has 1 aromatic heterocycles. The van der Waals surface area contributed by atoms with Crippen LogP contribution in [-0.2, 0) is 11.2 Å². The van der Waals surface area contributed by atoms with Crippen LogP contribution in [0.15, 0.2) is 46.9 Å². The number of carboxylic acids is 1. The van der Waals surface area contributed by atoms with Gasteiger partial charge in [0.25, 0.3) is 5.91 Å². The number of fused-ring (bicyclic) bond motifs is 1. The molecule has 3 aromatic rings. The molecular formula is C20H18N4O5. The molecule has 2 atom stereocenters. The molecule has 1 aliphatic rings. The van der Waals surface area contributed by atoms with Gasteiger partial charge in [0.15, 0.2) is 0 Å². The Morgan fingerprint density at radius 1 is 1.14 bits per heavy atom. The van der Waals surface area contributed by atoms with Crippen LogP contribution in [0.1, 0.15) is 33.4 Å². The number of aliphatic carboxylic acids is 1. The molecule has 4 N–H and O–H groups in total. The van der Waals surface area contributed by atoms with Crippen LogP contribution < -0.4 is 10.6 Å². The predicted molar refractivity (Wildman–Crippen MR) is 102 cm³/mol. The lowest BCUT2D eigenvalue weighted by atomic mass is 10.00. The van der Waals surface area contributed by atoms with Gasteiger partial charge in [0, 0.05) is 23.7 Å². The van der Waals surface area contributed by atoms with E-state index in [2.05, 4.69) is 20.8 Å². The molecule has 0 unspecified atom stereocenters. The fourth-order valence-electron chi connectivity index (χ4n) is 3.47. The lowest BCUT2D eigenvalue weighted by Crippen LogP contribution is -2.34. The van der Waals surface area contributed by atoms with Gasteiger partial charge in [-0.25, -0.2) is 0 Å². The molecule has 29 heavy (non-hydrogen) atoms. The van der Waals surface area contributed by atoms with Crippen molar-refractivity contribution in [3.8, 4) is 5.75 Å². The summed E-state index contributed by atoms with van der Waals surface area (Å²) in [6.45, 7) is 1.68. The van der Waals surface area contributed by atoms with Crippen LogP contribution in [0.5, 0.6) is 5.75 Å². The van der Waals surface area contributed by atoms with Crippen LogP contribution >= 0.6 is 0 Å². The standard InChI is InChI=1S/C20H18N4O5/c1-10-23-24-20(29-10)21-12-7-5-11(6-8-12)18(26)22-17-13-3-2-4-16(25)14(13)9-15(17)19(27)28/h2-8,15,17,25H,9H2,1H3,(H,21,24)(H,22,26)(H,27,28)/t15-,17-/m1/s1. The zero-order chi connectivity index (χ0) is 20.5. The van der Waals surface area contributed by atoms with Gasteiger partial charge in [-0.05, 0) is 42.3 Å². The molecule has 4 rings (SSSR count). The molecule has 9 nitrogen and oxygen atoms in total. The maximum absolute atomic E-state index is 12.7. The van der Waals surface area contributed by atoms with Crippen LogP contribution in [0.2, 0.25) is 0 Å². The van der Waals surface area contributed by atoms with E-state index in [1.54, 1.807) is 43.3 Å². The first-order chi connectivity index (χ1) is 13.9. The summed E-state index contributed by atoms with van der Waals surface area (Å²) in [5.41, 5.74) is 2.20. The molecule has 0 radical (unpaired) electrons. The highest BCUT2D eigenvalue weighted by molar-refractivity contribution is 5.95. The average molecular weight is 394 g/mol. The van der Waals surface area contributed by atoms with E-state index in [1.165, 1.54) is 6.07 Å². The van der Waals surface area contributed by atoms with Crippen molar-refractivity contribution in [3.05, 3.63) is 65.0 Å². The van der Waals surface area contributed by atoms with Crippen molar-refractivity contribution in [1.29, 1.82) is 0 Å². The normalized spacial score (nSPS) is 17.6. The van der Waals surface area contributed by atoms with Crippen molar-refractivity contribution in [2.45, 2.75) is 19.4 Å². The van der Waals surface area contributed by atoms with Gasteiger partial charge in [-0.1, -0.05) is 17.2 Å². The Bertz CT molecular complexity index is 1080. The number of benzene rings is 2. The van der Waals surface area contributed by atoms with Gasteiger partial charge in [0.05, 0.1) is 12.0 Å². The summed E-state index contributed by atoms with van der Waals surface area (Å²) < 4.78 is 5.24. The van der Waals surface area contributed by atoms with E-state index in [0.717, 1.165) is 0 Å². The molecule has 0 spiro atoms. The van der Waals surface area contributed by atoms with E-state index in [0.29, 0.717) is 28.3 Å². The van der Waals surface area contributed by atoms with Crippen LogP contribution in [0, 0.1) is 12.8 Å². The molecule has 0 saturated heterocycles. The minimum absolute atomic E-state index is 0.0391. The number of amides is 1. The minimum atomic E-state index is -1.03. The smallest absolute Gasteiger partial charge is 0.320 e. The molecule has 1 heterocycles. The summed E-state index contributed by atoms with van der Waals surface area (Å²) in [5.74, 6) is -1.81. The highest BCUT2D eigenvalue weighted by Gasteiger charge is 2.39. The monoisotopic (exact) mass is 394 g/mol. The van der Waals surface area contributed by atoms with Crippen molar-refractivity contribution in [3.63, 3.8) is 0 Å². The van der Waals surface area contributed by atoms with Crippen LogP contribution in [0.4, 0.5) is 11.7 Å². The van der Waals surface area contributed by atoms with Crippen molar-refractivity contribution in [2.24, 2.45) is 5.92 Å². The van der Waals surface area contributed by atoms with E-state index >= 15 is 0 Å². The van der Waals surface area contributed by atoms with Crippen LogP contribution in [0.25, 0.3) is 0 Å². The highest BCUT2D eigenvalue weighted by Crippen LogP contribution is 2.40. The summed E-state index contributed by atoms with van der Waals surface area (Å²) in [5, 5.41) is 32.8. The minimum Gasteiger partial charge on any atom is -0.508 e. The van der Waals surface area contributed by atoms with E-state index in [4.69, 9.17) is 4.42 Å². The number of hydrogen-bond acceptors (Lipinski definition) is 7. The number of aromatic nitrogens is 2. The third kappa shape index (κ3) is 3.62. The Balaban J connectivity index is 1.51. The topological polar surface area (TPSA) is 138 Å². The number of carboxylic acid groups (broad SMARTS) is 1. The molecule has 148 valence electrons. The Labute approximate surface area is 165 Å². The number of aromatic hydroxyl groups is 1. The van der Waals surface area contributed by atoms with Gasteiger partial charge in [-0.2, -0.15) is 0 Å². The summed E-state index contributed by atoms with van der Waals surface area (Å²) >= 11 is 0. The van der Waals surface area contributed by atoms with Gasteiger partial charge in [-0.3, -0.25) is 9.59 Å². The molecule has 1 aliphatic carbocycles. The number of carbonyl (C=O) groups excluding carboxylic acids is 1. The second-order valence-electron chi connectivity index (χ2n) is 6.77.